The maximum Gasteiger partial charge on any atom is 0.164 e. The van der Waals surface area contributed by atoms with Crippen molar-refractivity contribution < 1.29 is 0 Å². The fraction of sp³-hybridized carbons (Fsp3) is 0. The largest absolute Gasteiger partial charge is 0.208 e. The summed E-state index contributed by atoms with van der Waals surface area (Å²) in [6, 6.07) is 46.9. The lowest BCUT2D eigenvalue weighted by atomic mass is 9.60. The van der Waals surface area contributed by atoms with Crippen LogP contribution in [0, 0.1) is 0 Å². The molecule has 0 aliphatic heterocycles. The lowest BCUT2D eigenvalue weighted by molar-refractivity contribution is 1.08. The van der Waals surface area contributed by atoms with Crippen LogP contribution in [0.25, 0.3) is 97.8 Å². The molecule has 2 heterocycles. The van der Waals surface area contributed by atoms with Crippen molar-refractivity contribution >= 4 is 130 Å². The summed E-state index contributed by atoms with van der Waals surface area (Å²) < 4.78 is 2.35. The molecular weight excluding hydrogens is 669 g/mol. The Balaban J connectivity index is 1.11. The summed E-state index contributed by atoms with van der Waals surface area (Å²) in [6.45, 7) is 0. The van der Waals surface area contributed by atoms with Crippen LogP contribution in [0.5, 0.6) is 0 Å². The monoisotopic (exact) mass is 691 g/mol. The van der Waals surface area contributed by atoms with Crippen LogP contribution in [0.2, 0.25) is 0 Å². The molecule has 9 heteroatoms. The number of benzene rings is 8. The molecule has 238 valence electrons. The Labute approximate surface area is 322 Å². The van der Waals surface area contributed by atoms with Crippen molar-refractivity contribution in [2.75, 3.05) is 0 Å². The molecule has 54 heavy (non-hydrogen) atoms. The third-order valence-electron chi connectivity index (χ3n) is 10.4. The number of nitrogens with zero attached hydrogens (tertiary/aromatic N) is 3. The van der Waals surface area contributed by atoms with Gasteiger partial charge in [-0.2, -0.15) is 0 Å². The standard InChI is InChI=1S/C45H22B5N3S/c46-38-37(39(47)41(49)42(50)40(38)48)45-52-43(23-8-2-1-3-9-23)51-44(53-45)26-16-19-35-34(21-26)32-18-15-25(22-36(32)54-35)24-14-17-31-29-12-5-4-10-27(29)28-11-6-7-13-30(28)33(31)20-24/h1-22H. The molecule has 0 spiro atoms. The molecule has 0 amide bonds. The molecule has 10 radical (unpaired) electrons. The highest BCUT2D eigenvalue weighted by Gasteiger charge is 2.19. The summed E-state index contributed by atoms with van der Waals surface area (Å²) >= 11 is 1.77. The second-order valence-electron chi connectivity index (χ2n) is 13.5. The van der Waals surface area contributed by atoms with Gasteiger partial charge in [-0.05, 0) is 73.8 Å². The molecule has 0 saturated heterocycles. The minimum atomic E-state index is 0.131. The summed E-state index contributed by atoms with van der Waals surface area (Å²) in [5.74, 6) is 1.17. The normalized spacial score (nSPS) is 11.7. The number of hydrogen-bond acceptors (Lipinski definition) is 4. The molecule has 0 atom stereocenters. The van der Waals surface area contributed by atoms with Crippen LogP contribution in [0.3, 0.4) is 0 Å². The SMILES string of the molecule is [B]c1c([B])c([B])c(-c2nc(-c3ccccc3)nc(-c3ccc4sc5cc(-c6ccc7c8ccccc8c8ccccc8c7c6)ccc5c4c3)n2)c([B])c1[B]. The van der Waals surface area contributed by atoms with Gasteiger partial charge in [-0.3, -0.25) is 0 Å². The third kappa shape index (κ3) is 5.14. The lowest BCUT2D eigenvalue weighted by Gasteiger charge is -2.20. The molecule has 0 N–H and O–H groups in total. The third-order valence-corrected chi connectivity index (χ3v) is 11.5. The molecule has 0 saturated carbocycles. The number of thiophene rings is 1. The fourth-order valence-electron chi connectivity index (χ4n) is 7.61. The highest BCUT2D eigenvalue weighted by Crippen LogP contribution is 2.40. The second kappa shape index (κ2) is 12.6. The number of rotatable bonds is 4. The molecule has 0 unspecified atom stereocenters. The minimum Gasteiger partial charge on any atom is -0.208 e. The zero-order chi connectivity index (χ0) is 36.7. The van der Waals surface area contributed by atoms with Crippen molar-refractivity contribution in [1.29, 1.82) is 0 Å². The molecule has 0 aliphatic rings. The van der Waals surface area contributed by atoms with Gasteiger partial charge in [0.1, 0.15) is 39.2 Å². The van der Waals surface area contributed by atoms with E-state index < -0.39 is 0 Å². The summed E-state index contributed by atoms with van der Waals surface area (Å²) in [4.78, 5) is 14.6. The number of aromatic nitrogens is 3. The van der Waals surface area contributed by atoms with Gasteiger partial charge in [0.05, 0.1) is 0 Å². The van der Waals surface area contributed by atoms with Crippen molar-refractivity contribution in [1.82, 2.24) is 15.0 Å². The first-order valence-electron chi connectivity index (χ1n) is 17.5. The van der Waals surface area contributed by atoms with E-state index in [2.05, 4.69) is 97.1 Å². The zero-order valence-corrected chi connectivity index (χ0v) is 29.7. The van der Waals surface area contributed by atoms with Gasteiger partial charge in [-0.25, -0.2) is 15.0 Å². The van der Waals surface area contributed by atoms with Crippen molar-refractivity contribution in [3.63, 3.8) is 0 Å². The molecule has 10 aromatic rings. The molecule has 10 rings (SSSR count). The van der Waals surface area contributed by atoms with E-state index in [1.807, 2.05) is 36.4 Å². The summed E-state index contributed by atoms with van der Waals surface area (Å²) in [5, 5.41) is 9.84. The first-order chi connectivity index (χ1) is 26.3. The highest BCUT2D eigenvalue weighted by atomic mass is 32.1. The van der Waals surface area contributed by atoms with Gasteiger partial charge < -0.3 is 0 Å². The smallest absolute Gasteiger partial charge is 0.164 e. The Hall–Kier alpha value is -5.91. The van der Waals surface area contributed by atoms with E-state index in [9.17, 15) is 0 Å². The van der Waals surface area contributed by atoms with Gasteiger partial charge in [0, 0.05) is 36.9 Å². The van der Waals surface area contributed by atoms with Crippen LogP contribution >= 0.6 is 11.3 Å². The van der Waals surface area contributed by atoms with Gasteiger partial charge in [0.25, 0.3) is 0 Å². The van der Waals surface area contributed by atoms with E-state index in [-0.39, 0.29) is 33.1 Å². The second-order valence-corrected chi connectivity index (χ2v) is 14.6. The fourth-order valence-corrected chi connectivity index (χ4v) is 8.73. The maximum absolute atomic E-state index is 6.47. The Morgan fingerprint density at radius 1 is 0.315 bits per heavy atom. The van der Waals surface area contributed by atoms with Gasteiger partial charge in [-0.15, -0.1) is 27.7 Å². The molecule has 8 aromatic carbocycles. The lowest BCUT2D eigenvalue weighted by Crippen LogP contribution is -2.55. The molecular formula is C45H22B5N3S. The Morgan fingerprint density at radius 2 is 0.778 bits per heavy atom. The van der Waals surface area contributed by atoms with Crippen molar-refractivity contribution in [2.45, 2.75) is 0 Å². The Kier molecular flexibility index (Phi) is 7.64. The summed E-state index contributed by atoms with van der Waals surface area (Å²) in [7, 11) is 31.5. The van der Waals surface area contributed by atoms with Crippen molar-refractivity contribution in [3.8, 4) is 45.3 Å². The van der Waals surface area contributed by atoms with Crippen LogP contribution in [-0.4, -0.2) is 54.2 Å². The van der Waals surface area contributed by atoms with Gasteiger partial charge in [0.15, 0.2) is 17.5 Å². The van der Waals surface area contributed by atoms with Crippen LogP contribution in [0.4, 0.5) is 0 Å². The van der Waals surface area contributed by atoms with Crippen molar-refractivity contribution in [3.05, 3.63) is 133 Å². The average molecular weight is 691 g/mol. The predicted molar refractivity (Wildman–Crippen MR) is 234 cm³/mol. The Bertz CT molecular complexity index is 3120. The predicted octanol–water partition coefficient (Wildman–Crippen LogP) is 6.34. The maximum atomic E-state index is 6.47. The van der Waals surface area contributed by atoms with Gasteiger partial charge >= 0.3 is 0 Å². The van der Waals surface area contributed by atoms with E-state index in [0.29, 0.717) is 17.2 Å². The molecule has 0 aliphatic carbocycles. The highest BCUT2D eigenvalue weighted by molar-refractivity contribution is 7.25. The summed E-state index contributed by atoms with van der Waals surface area (Å²) in [5.41, 5.74) is 5.02. The van der Waals surface area contributed by atoms with Crippen LogP contribution in [0.1, 0.15) is 0 Å². The first kappa shape index (κ1) is 32.7. The van der Waals surface area contributed by atoms with Gasteiger partial charge in [0.2, 0.25) is 0 Å². The van der Waals surface area contributed by atoms with Gasteiger partial charge in [-0.1, -0.05) is 114 Å². The number of fused-ring (bicyclic) bond motifs is 9. The van der Waals surface area contributed by atoms with E-state index in [1.165, 1.54) is 48.1 Å². The quantitative estimate of drug-likeness (QED) is 0.160. The summed E-state index contributed by atoms with van der Waals surface area (Å²) in [6.07, 6.45) is 0. The Morgan fingerprint density at radius 3 is 1.43 bits per heavy atom. The van der Waals surface area contributed by atoms with Crippen LogP contribution in [-0.2, 0) is 0 Å². The van der Waals surface area contributed by atoms with E-state index in [0.717, 1.165) is 26.6 Å². The van der Waals surface area contributed by atoms with Crippen molar-refractivity contribution in [2.24, 2.45) is 0 Å². The van der Waals surface area contributed by atoms with E-state index in [4.69, 9.17) is 54.2 Å². The van der Waals surface area contributed by atoms with Crippen LogP contribution < -0.4 is 27.3 Å². The molecule has 0 fully saturated rings. The molecule has 2 aromatic heterocycles. The first-order valence-corrected chi connectivity index (χ1v) is 18.3. The molecule has 0 bridgehead atoms. The number of hydrogen-bond donors (Lipinski definition) is 0. The minimum absolute atomic E-state index is 0.131. The van der Waals surface area contributed by atoms with E-state index >= 15 is 0 Å². The van der Waals surface area contributed by atoms with E-state index in [1.54, 1.807) is 11.3 Å². The van der Waals surface area contributed by atoms with Crippen LogP contribution in [0.15, 0.2) is 133 Å². The zero-order valence-electron chi connectivity index (χ0n) is 28.8. The average Bonchev–Trinajstić information content (AvgIpc) is 3.59. The topological polar surface area (TPSA) is 38.7 Å². The molecule has 3 nitrogen and oxygen atoms in total.